The molecule has 0 bridgehead atoms. The summed E-state index contributed by atoms with van der Waals surface area (Å²) in [6, 6.07) is 4.67. The number of aliphatic hydroxyl groups is 2. The van der Waals surface area contributed by atoms with E-state index in [-0.39, 0.29) is 19.8 Å². The van der Waals surface area contributed by atoms with Crippen LogP contribution in [0.5, 0.6) is 5.75 Å². The highest BCUT2D eigenvalue weighted by molar-refractivity contribution is 5.91. The molecule has 20 heavy (non-hydrogen) atoms. The van der Waals surface area contributed by atoms with Gasteiger partial charge in [0.15, 0.2) is 0 Å². The molecular weight excluding hydrogens is 262 g/mol. The third-order valence-electron chi connectivity index (χ3n) is 2.67. The van der Waals surface area contributed by atoms with Crippen LogP contribution in [0.3, 0.4) is 0 Å². The predicted molar refractivity (Wildman–Crippen MR) is 74.6 cm³/mol. The van der Waals surface area contributed by atoms with Crippen molar-refractivity contribution in [2.75, 3.05) is 32.2 Å². The molecule has 6 heteroatoms. The number of carbonyl (C=O) groups excluding carboxylic acids is 1. The highest BCUT2D eigenvalue weighted by Crippen LogP contribution is 2.23. The number of ether oxygens (including phenoxy) is 2. The Labute approximate surface area is 118 Å². The molecule has 0 fully saturated rings. The zero-order valence-electron chi connectivity index (χ0n) is 11.5. The number of hydrogen-bond acceptors (Lipinski definition) is 6. The average molecular weight is 283 g/mol. The third kappa shape index (κ3) is 4.71. The standard InChI is InChI=1S/C14H21NO5/c1-2-5-19-13-4-3-11(6-12(13)15)14(18)20-9-10(7-16)8-17/h3-4,6,10,16-17H,2,5,7-9,15H2,1H3. The highest BCUT2D eigenvalue weighted by atomic mass is 16.5. The molecule has 0 heterocycles. The molecule has 0 aliphatic carbocycles. The fraction of sp³-hybridized carbons (Fsp3) is 0.500. The molecule has 1 aromatic rings. The van der Waals surface area contributed by atoms with Crippen LogP contribution in [0.25, 0.3) is 0 Å². The molecule has 0 amide bonds. The Hall–Kier alpha value is -1.79. The second-order valence-corrected chi connectivity index (χ2v) is 4.43. The van der Waals surface area contributed by atoms with Gasteiger partial charge >= 0.3 is 5.97 Å². The summed E-state index contributed by atoms with van der Waals surface area (Å²) in [5, 5.41) is 17.8. The summed E-state index contributed by atoms with van der Waals surface area (Å²) in [4.78, 5) is 11.8. The smallest absolute Gasteiger partial charge is 0.338 e. The molecule has 1 rings (SSSR count). The zero-order chi connectivity index (χ0) is 15.0. The quantitative estimate of drug-likeness (QED) is 0.482. The van der Waals surface area contributed by atoms with Gasteiger partial charge in [-0.3, -0.25) is 0 Å². The van der Waals surface area contributed by atoms with Gasteiger partial charge < -0.3 is 25.4 Å². The second-order valence-electron chi connectivity index (χ2n) is 4.43. The van der Waals surface area contributed by atoms with Crippen molar-refractivity contribution in [2.45, 2.75) is 13.3 Å². The van der Waals surface area contributed by atoms with Crippen molar-refractivity contribution in [1.29, 1.82) is 0 Å². The third-order valence-corrected chi connectivity index (χ3v) is 2.67. The minimum absolute atomic E-state index is 0.0418. The van der Waals surface area contributed by atoms with Gasteiger partial charge in [0.1, 0.15) is 5.75 Å². The van der Waals surface area contributed by atoms with E-state index in [1.54, 1.807) is 12.1 Å². The number of nitrogens with two attached hydrogens (primary N) is 1. The van der Waals surface area contributed by atoms with Gasteiger partial charge in [-0.05, 0) is 24.6 Å². The molecule has 0 aliphatic rings. The van der Waals surface area contributed by atoms with Gasteiger partial charge in [0, 0.05) is 5.92 Å². The lowest BCUT2D eigenvalue weighted by molar-refractivity contribution is 0.0304. The lowest BCUT2D eigenvalue weighted by atomic mass is 10.2. The van der Waals surface area contributed by atoms with Crippen molar-refractivity contribution in [3.8, 4) is 5.75 Å². The van der Waals surface area contributed by atoms with Crippen LogP contribution in [0, 0.1) is 5.92 Å². The lowest BCUT2D eigenvalue weighted by Gasteiger charge is -2.12. The van der Waals surface area contributed by atoms with Gasteiger partial charge in [0.25, 0.3) is 0 Å². The van der Waals surface area contributed by atoms with E-state index in [1.807, 2.05) is 6.92 Å². The van der Waals surface area contributed by atoms with Gasteiger partial charge in [-0.15, -0.1) is 0 Å². The molecule has 0 radical (unpaired) electrons. The summed E-state index contributed by atoms with van der Waals surface area (Å²) in [6.45, 7) is 2.02. The normalized spacial score (nSPS) is 10.6. The van der Waals surface area contributed by atoms with Crippen molar-refractivity contribution in [3.63, 3.8) is 0 Å². The van der Waals surface area contributed by atoms with Crippen LogP contribution in [0.4, 0.5) is 5.69 Å². The van der Waals surface area contributed by atoms with E-state index in [4.69, 9.17) is 25.4 Å². The summed E-state index contributed by atoms with van der Waals surface area (Å²) in [7, 11) is 0. The number of anilines is 1. The predicted octanol–water partition coefficient (Wildman–Crippen LogP) is 0.815. The van der Waals surface area contributed by atoms with Crippen molar-refractivity contribution in [2.24, 2.45) is 5.92 Å². The molecule has 0 saturated heterocycles. The minimum Gasteiger partial charge on any atom is -0.491 e. The van der Waals surface area contributed by atoms with Crippen LogP contribution in [0.2, 0.25) is 0 Å². The Morgan fingerprint density at radius 2 is 2.05 bits per heavy atom. The van der Waals surface area contributed by atoms with Crippen molar-refractivity contribution < 1.29 is 24.5 Å². The Morgan fingerprint density at radius 3 is 2.60 bits per heavy atom. The van der Waals surface area contributed by atoms with Crippen LogP contribution >= 0.6 is 0 Å². The molecule has 0 atom stereocenters. The highest BCUT2D eigenvalue weighted by Gasteiger charge is 2.13. The lowest BCUT2D eigenvalue weighted by Crippen LogP contribution is -2.20. The van der Waals surface area contributed by atoms with E-state index in [0.717, 1.165) is 6.42 Å². The molecule has 0 saturated carbocycles. The largest absolute Gasteiger partial charge is 0.491 e. The van der Waals surface area contributed by atoms with E-state index >= 15 is 0 Å². The van der Waals surface area contributed by atoms with E-state index in [0.29, 0.717) is 23.6 Å². The number of nitrogen functional groups attached to an aromatic ring is 1. The maximum Gasteiger partial charge on any atom is 0.338 e. The van der Waals surface area contributed by atoms with Gasteiger partial charge in [0.2, 0.25) is 0 Å². The molecule has 0 spiro atoms. The van der Waals surface area contributed by atoms with Crippen LogP contribution in [0.1, 0.15) is 23.7 Å². The minimum atomic E-state index is -0.550. The van der Waals surface area contributed by atoms with Crippen LogP contribution in [-0.2, 0) is 4.74 Å². The Bertz CT molecular complexity index is 432. The maximum absolute atomic E-state index is 11.8. The topological polar surface area (TPSA) is 102 Å². The first kappa shape index (κ1) is 16.3. The van der Waals surface area contributed by atoms with E-state index in [2.05, 4.69) is 0 Å². The van der Waals surface area contributed by atoms with E-state index < -0.39 is 11.9 Å². The molecule has 4 N–H and O–H groups in total. The summed E-state index contributed by atoms with van der Waals surface area (Å²) in [5.74, 6) is -0.485. The number of aliphatic hydroxyl groups excluding tert-OH is 2. The second kappa shape index (κ2) is 8.39. The monoisotopic (exact) mass is 283 g/mol. The number of esters is 1. The maximum atomic E-state index is 11.8. The fourth-order valence-electron chi connectivity index (χ4n) is 1.46. The van der Waals surface area contributed by atoms with Gasteiger partial charge in [-0.1, -0.05) is 6.92 Å². The Kier molecular flexibility index (Phi) is 6.83. The molecule has 0 aromatic heterocycles. The average Bonchev–Trinajstić information content (AvgIpc) is 2.46. The van der Waals surface area contributed by atoms with Crippen LogP contribution in [0.15, 0.2) is 18.2 Å². The van der Waals surface area contributed by atoms with Gasteiger partial charge in [-0.2, -0.15) is 0 Å². The summed E-state index contributed by atoms with van der Waals surface area (Å²) >= 11 is 0. The molecule has 1 aromatic carbocycles. The first-order chi connectivity index (χ1) is 9.62. The molecule has 0 aliphatic heterocycles. The zero-order valence-corrected chi connectivity index (χ0v) is 11.5. The summed E-state index contributed by atoms with van der Waals surface area (Å²) in [6.07, 6.45) is 0.868. The SMILES string of the molecule is CCCOc1ccc(C(=O)OCC(CO)CO)cc1N. The first-order valence-corrected chi connectivity index (χ1v) is 6.53. The number of benzene rings is 1. The molecular formula is C14H21NO5. The Morgan fingerprint density at radius 1 is 1.35 bits per heavy atom. The number of rotatable bonds is 8. The summed E-state index contributed by atoms with van der Waals surface area (Å²) < 4.78 is 10.4. The summed E-state index contributed by atoms with van der Waals surface area (Å²) in [5.41, 5.74) is 6.47. The molecule has 112 valence electrons. The van der Waals surface area contributed by atoms with E-state index in [1.165, 1.54) is 6.07 Å². The van der Waals surface area contributed by atoms with Crippen LogP contribution < -0.4 is 10.5 Å². The molecule has 6 nitrogen and oxygen atoms in total. The molecule has 0 unspecified atom stereocenters. The van der Waals surface area contributed by atoms with Gasteiger partial charge in [0.05, 0.1) is 37.7 Å². The number of hydrogen-bond donors (Lipinski definition) is 3. The van der Waals surface area contributed by atoms with Crippen LogP contribution in [-0.4, -0.2) is 42.6 Å². The van der Waals surface area contributed by atoms with E-state index in [9.17, 15) is 4.79 Å². The Balaban J connectivity index is 2.62. The van der Waals surface area contributed by atoms with Crippen molar-refractivity contribution in [3.05, 3.63) is 23.8 Å². The van der Waals surface area contributed by atoms with Gasteiger partial charge in [-0.25, -0.2) is 4.79 Å². The van der Waals surface area contributed by atoms with Crippen molar-refractivity contribution in [1.82, 2.24) is 0 Å². The fourth-order valence-corrected chi connectivity index (χ4v) is 1.46. The number of carbonyl (C=O) groups is 1. The first-order valence-electron chi connectivity index (χ1n) is 6.53. The van der Waals surface area contributed by atoms with Crippen molar-refractivity contribution >= 4 is 11.7 Å².